The zero-order valence-electron chi connectivity index (χ0n) is 17.0. The van der Waals surface area contributed by atoms with Gasteiger partial charge in [-0.15, -0.1) is 0 Å². The van der Waals surface area contributed by atoms with Crippen LogP contribution in [-0.2, 0) is 17.8 Å². The van der Waals surface area contributed by atoms with Gasteiger partial charge in [0.05, 0.1) is 12.2 Å². The van der Waals surface area contributed by atoms with Crippen molar-refractivity contribution in [3.05, 3.63) is 59.4 Å². The molecule has 1 aromatic carbocycles. The number of aromatic nitrogens is 1. The molecule has 2 fully saturated rings. The molecule has 0 unspecified atom stereocenters. The molecule has 1 aromatic heterocycles. The summed E-state index contributed by atoms with van der Waals surface area (Å²) < 4.78 is 0. The fourth-order valence-electron chi connectivity index (χ4n) is 4.31. The van der Waals surface area contributed by atoms with Crippen LogP contribution in [0.1, 0.15) is 34.5 Å². The minimum absolute atomic E-state index is 0.00978. The maximum atomic E-state index is 12.9. The molecular weight excluding hydrogens is 380 g/mol. The van der Waals surface area contributed by atoms with E-state index >= 15 is 0 Å². The number of benzene rings is 1. The van der Waals surface area contributed by atoms with Gasteiger partial charge in [0.15, 0.2) is 0 Å². The molecule has 1 N–H and O–H groups in total. The Morgan fingerprint density at radius 2 is 1.63 bits per heavy atom. The molecule has 5 rings (SSSR count). The molecule has 7 nitrogen and oxygen atoms in total. The van der Waals surface area contributed by atoms with Crippen molar-refractivity contribution in [1.29, 1.82) is 0 Å². The van der Waals surface area contributed by atoms with E-state index < -0.39 is 5.60 Å². The first-order valence-electron chi connectivity index (χ1n) is 10.6. The third kappa shape index (κ3) is 3.54. The van der Waals surface area contributed by atoms with E-state index in [0.29, 0.717) is 44.6 Å². The van der Waals surface area contributed by atoms with E-state index in [0.717, 1.165) is 30.9 Å². The molecule has 0 radical (unpaired) electrons. The van der Waals surface area contributed by atoms with Gasteiger partial charge in [0, 0.05) is 50.2 Å². The smallest absolute Gasteiger partial charge is 0.254 e. The van der Waals surface area contributed by atoms with Crippen molar-refractivity contribution in [3.8, 4) is 0 Å². The number of anilines is 1. The quantitative estimate of drug-likeness (QED) is 0.835. The van der Waals surface area contributed by atoms with Crippen LogP contribution < -0.4 is 4.90 Å². The average Bonchev–Trinajstić information content (AvgIpc) is 3.56. The number of carbonyl (C=O) groups is 2. The van der Waals surface area contributed by atoms with E-state index in [2.05, 4.69) is 16.0 Å². The summed E-state index contributed by atoms with van der Waals surface area (Å²) in [5.74, 6) is -0.194. The summed E-state index contributed by atoms with van der Waals surface area (Å²) in [5, 5.41) is 10.0. The molecule has 0 bridgehead atoms. The lowest BCUT2D eigenvalue weighted by molar-refractivity contribution is -0.143. The summed E-state index contributed by atoms with van der Waals surface area (Å²) in [5.41, 5.74) is 3.05. The lowest BCUT2D eigenvalue weighted by atomic mass is 10.0. The normalized spacial score (nSPS) is 20.0. The van der Waals surface area contributed by atoms with Crippen LogP contribution in [0.3, 0.4) is 0 Å². The zero-order valence-corrected chi connectivity index (χ0v) is 17.0. The molecule has 0 atom stereocenters. The predicted molar refractivity (Wildman–Crippen MR) is 112 cm³/mol. The van der Waals surface area contributed by atoms with Gasteiger partial charge in [-0.3, -0.25) is 14.6 Å². The number of hydrogen-bond donors (Lipinski definition) is 1. The van der Waals surface area contributed by atoms with Gasteiger partial charge >= 0.3 is 0 Å². The SMILES string of the molecule is O=C(c1ccc(N2CCc3cccnc3C2)cc1)N1CCN(C(=O)C2(O)CC2)CC1. The number of nitrogens with zero attached hydrogens (tertiary/aromatic N) is 4. The second kappa shape index (κ2) is 7.40. The lowest BCUT2D eigenvalue weighted by Gasteiger charge is -2.36. The minimum Gasteiger partial charge on any atom is -0.380 e. The number of fused-ring (bicyclic) bond motifs is 1. The van der Waals surface area contributed by atoms with Gasteiger partial charge in [-0.25, -0.2) is 0 Å². The van der Waals surface area contributed by atoms with Gasteiger partial charge in [-0.05, 0) is 55.2 Å². The second-order valence-electron chi connectivity index (χ2n) is 8.44. The van der Waals surface area contributed by atoms with Crippen molar-refractivity contribution in [3.63, 3.8) is 0 Å². The number of piperazine rings is 1. The fraction of sp³-hybridized carbons (Fsp3) is 0.435. The van der Waals surface area contributed by atoms with E-state index in [9.17, 15) is 14.7 Å². The number of rotatable bonds is 3. The summed E-state index contributed by atoms with van der Waals surface area (Å²) >= 11 is 0. The van der Waals surface area contributed by atoms with Gasteiger partial charge in [-0.2, -0.15) is 0 Å². The number of carbonyl (C=O) groups excluding carboxylic acids is 2. The molecule has 0 spiro atoms. The first kappa shape index (κ1) is 19.1. The number of pyridine rings is 1. The van der Waals surface area contributed by atoms with Crippen molar-refractivity contribution in [2.45, 2.75) is 31.4 Å². The Bertz CT molecular complexity index is 963. The fourth-order valence-corrected chi connectivity index (χ4v) is 4.31. The Labute approximate surface area is 175 Å². The lowest BCUT2D eigenvalue weighted by Crippen LogP contribution is -2.53. The van der Waals surface area contributed by atoms with Crippen molar-refractivity contribution in [2.24, 2.45) is 0 Å². The summed E-state index contributed by atoms with van der Waals surface area (Å²) in [6.07, 6.45) is 3.91. The van der Waals surface area contributed by atoms with Crippen molar-refractivity contribution in [1.82, 2.24) is 14.8 Å². The van der Waals surface area contributed by atoms with Crippen LogP contribution in [0.15, 0.2) is 42.6 Å². The van der Waals surface area contributed by atoms with Crippen LogP contribution in [0.4, 0.5) is 5.69 Å². The van der Waals surface area contributed by atoms with Crippen LogP contribution in [0.2, 0.25) is 0 Å². The third-order valence-electron chi connectivity index (χ3n) is 6.43. The van der Waals surface area contributed by atoms with Crippen LogP contribution in [0.5, 0.6) is 0 Å². The van der Waals surface area contributed by atoms with Crippen molar-refractivity contribution in [2.75, 3.05) is 37.6 Å². The van der Waals surface area contributed by atoms with Crippen LogP contribution in [0, 0.1) is 0 Å². The summed E-state index contributed by atoms with van der Waals surface area (Å²) in [6, 6.07) is 11.9. The molecule has 156 valence electrons. The Balaban J connectivity index is 1.20. The Kier molecular flexibility index (Phi) is 4.70. The maximum absolute atomic E-state index is 12.9. The van der Waals surface area contributed by atoms with Gasteiger partial charge < -0.3 is 19.8 Å². The minimum atomic E-state index is -1.13. The van der Waals surface area contributed by atoms with Gasteiger partial charge in [0.2, 0.25) is 0 Å². The van der Waals surface area contributed by atoms with Crippen LogP contribution >= 0.6 is 0 Å². The Morgan fingerprint density at radius 3 is 2.33 bits per heavy atom. The van der Waals surface area contributed by atoms with Crippen molar-refractivity contribution < 1.29 is 14.7 Å². The average molecular weight is 406 g/mol. The zero-order chi connectivity index (χ0) is 20.7. The predicted octanol–water partition coefficient (Wildman–Crippen LogP) is 1.45. The highest BCUT2D eigenvalue weighted by Gasteiger charge is 2.50. The number of amides is 2. The molecule has 2 aliphatic heterocycles. The van der Waals surface area contributed by atoms with Crippen molar-refractivity contribution >= 4 is 17.5 Å². The highest BCUT2D eigenvalue weighted by molar-refractivity contribution is 5.95. The molecular formula is C23H26N4O3. The Morgan fingerprint density at radius 1 is 0.933 bits per heavy atom. The van der Waals surface area contributed by atoms with Gasteiger partial charge in [0.25, 0.3) is 11.8 Å². The van der Waals surface area contributed by atoms with E-state index in [1.165, 1.54) is 5.56 Å². The molecule has 3 aliphatic rings. The largest absolute Gasteiger partial charge is 0.380 e. The maximum Gasteiger partial charge on any atom is 0.254 e. The van der Waals surface area contributed by atoms with Crippen LogP contribution in [-0.4, -0.2) is 70.0 Å². The molecule has 3 heterocycles. The highest BCUT2D eigenvalue weighted by atomic mass is 16.3. The monoisotopic (exact) mass is 406 g/mol. The number of aliphatic hydroxyl groups is 1. The summed E-state index contributed by atoms with van der Waals surface area (Å²) in [6.45, 7) is 3.67. The molecule has 1 aliphatic carbocycles. The van der Waals surface area contributed by atoms with E-state index in [1.807, 2.05) is 36.5 Å². The topological polar surface area (TPSA) is 77.0 Å². The summed E-state index contributed by atoms with van der Waals surface area (Å²) in [4.78, 5) is 35.4. The third-order valence-corrected chi connectivity index (χ3v) is 6.43. The molecule has 2 amide bonds. The molecule has 1 saturated heterocycles. The van der Waals surface area contributed by atoms with E-state index in [-0.39, 0.29) is 11.8 Å². The first-order chi connectivity index (χ1) is 14.5. The molecule has 7 heteroatoms. The number of hydrogen-bond acceptors (Lipinski definition) is 5. The van der Waals surface area contributed by atoms with Gasteiger partial charge in [-0.1, -0.05) is 6.07 Å². The van der Waals surface area contributed by atoms with Crippen LogP contribution in [0.25, 0.3) is 0 Å². The first-order valence-corrected chi connectivity index (χ1v) is 10.6. The second-order valence-corrected chi connectivity index (χ2v) is 8.44. The standard InChI is InChI=1S/C23H26N4O3/c28-21(25-12-14-26(15-13-25)22(29)23(30)8-9-23)18-3-5-19(6-4-18)27-11-7-17-2-1-10-24-20(17)16-27/h1-6,10,30H,7-9,11-16H2. The molecule has 30 heavy (non-hydrogen) atoms. The Hall–Kier alpha value is -2.93. The van der Waals surface area contributed by atoms with Gasteiger partial charge in [0.1, 0.15) is 5.60 Å². The molecule has 2 aromatic rings. The van der Waals surface area contributed by atoms with E-state index in [1.54, 1.807) is 9.80 Å². The highest BCUT2D eigenvalue weighted by Crippen LogP contribution is 2.37. The van der Waals surface area contributed by atoms with E-state index in [4.69, 9.17) is 0 Å². The summed E-state index contributed by atoms with van der Waals surface area (Å²) in [7, 11) is 0. The molecule has 1 saturated carbocycles.